The molecule has 2 aromatic heterocycles. The Morgan fingerprint density at radius 1 is 1.20 bits per heavy atom. The molecule has 9 heteroatoms. The van der Waals surface area contributed by atoms with Gasteiger partial charge in [-0.25, -0.2) is 9.98 Å². The van der Waals surface area contributed by atoms with Crippen LogP contribution >= 0.6 is 0 Å². The van der Waals surface area contributed by atoms with Gasteiger partial charge in [-0.2, -0.15) is 13.2 Å². The normalized spacial score (nSPS) is 12.2. The number of benzene rings is 1. The molecule has 0 saturated heterocycles. The van der Waals surface area contributed by atoms with Gasteiger partial charge in [0, 0.05) is 42.5 Å². The predicted molar refractivity (Wildman–Crippen MR) is 111 cm³/mol. The summed E-state index contributed by atoms with van der Waals surface area (Å²) in [5.74, 6) is 0.559. The molecular formula is C21H24F3N5O. The number of aromatic amines is 1. The summed E-state index contributed by atoms with van der Waals surface area (Å²) in [6.45, 7) is 2.25. The van der Waals surface area contributed by atoms with Crippen molar-refractivity contribution in [1.29, 1.82) is 0 Å². The van der Waals surface area contributed by atoms with Crippen molar-refractivity contribution in [2.24, 2.45) is 4.99 Å². The van der Waals surface area contributed by atoms with E-state index in [2.05, 4.69) is 36.4 Å². The van der Waals surface area contributed by atoms with Crippen molar-refractivity contribution < 1.29 is 17.9 Å². The van der Waals surface area contributed by atoms with Gasteiger partial charge < -0.3 is 20.4 Å². The number of halogens is 3. The number of ether oxygens (including phenoxy) is 1. The second kappa shape index (κ2) is 10.00. The van der Waals surface area contributed by atoms with Crippen LogP contribution in [0.4, 0.5) is 13.2 Å². The van der Waals surface area contributed by atoms with E-state index in [0.29, 0.717) is 24.6 Å². The van der Waals surface area contributed by atoms with Gasteiger partial charge in [-0.3, -0.25) is 0 Å². The van der Waals surface area contributed by atoms with Gasteiger partial charge >= 0.3 is 6.18 Å². The lowest BCUT2D eigenvalue weighted by atomic mass is 10.1. The zero-order valence-corrected chi connectivity index (χ0v) is 16.6. The minimum Gasteiger partial charge on any atom is -0.468 e. The van der Waals surface area contributed by atoms with Crippen LogP contribution in [0.3, 0.4) is 0 Å². The van der Waals surface area contributed by atoms with E-state index in [-0.39, 0.29) is 12.4 Å². The highest BCUT2D eigenvalue weighted by atomic mass is 19.4. The maximum atomic E-state index is 12.3. The third-order valence-corrected chi connectivity index (χ3v) is 4.31. The van der Waals surface area contributed by atoms with E-state index in [1.165, 1.54) is 23.2 Å². The lowest BCUT2D eigenvalue weighted by Gasteiger charge is -2.12. The molecule has 0 radical (unpaired) electrons. The Morgan fingerprint density at radius 2 is 2.03 bits per heavy atom. The summed E-state index contributed by atoms with van der Waals surface area (Å²) >= 11 is 0. The maximum absolute atomic E-state index is 12.3. The lowest BCUT2D eigenvalue weighted by Crippen LogP contribution is -2.38. The highest BCUT2D eigenvalue weighted by molar-refractivity contribution is 5.83. The monoisotopic (exact) mass is 419 g/mol. The van der Waals surface area contributed by atoms with Gasteiger partial charge in [0.2, 0.25) is 5.88 Å². The minimum atomic E-state index is -4.40. The molecule has 30 heavy (non-hydrogen) atoms. The van der Waals surface area contributed by atoms with Crippen molar-refractivity contribution in [3.05, 3.63) is 59.9 Å². The standard InChI is InChI=1S/C21H24F3N5O/c1-2-25-20(27-10-8-16-13-28-18-6-4-3-5-17(16)18)29-12-15-7-9-26-19(11-15)30-14-21(22,23)24/h3-7,9,11,13,28H,2,8,10,12,14H2,1H3,(H2,25,27,29). The number of pyridine rings is 1. The van der Waals surface area contributed by atoms with Crippen LogP contribution in [0, 0.1) is 0 Å². The van der Waals surface area contributed by atoms with Gasteiger partial charge in [-0.05, 0) is 36.6 Å². The number of rotatable bonds is 8. The van der Waals surface area contributed by atoms with Gasteiger partial charge in [-0.15, -0.1) is 0 Å². The van der Waals surface area contributed by atoms with Crippen LogP contribution in [0.1, 0.15) is 18.1 Å². The molecule has 0 atom stereocenters. The Labute approximate surface area is 172 Å². The van der Waals surface area contributed by atoms with Crippen LogP contribution in [0.2, 0.25) is 0 Å². The van der Waals surface area contributed by atoms with E-state index in [9.17, 15) is 13.2 Å². The average molecular weight is 419 g/mol. The first-order chi connectivity index (χ1) is 14.4. The maximum Gasteiger partial charge on any atom is 0.422 e. The van der Waals surface area contributed by atoms with E-state index in [1.54, 1.807) is 6.07 Å². The topological polar surface area (TPSA) is 74.3 Å². The number of guanidine groups is 1. The van der Waals surface area contributed by atoms with Gasteiger partial charge in [0.1, 0.15) is 0 Å². The molecule has 6 nitrogen and oxygen atoms in total. The number of nitrogens with zero attached hydrogens (tertiary/aromatic N) is 2. The first kappa shape index (κ1) is 21.5. The zero-order chi connectivity index (χ0) is 21.4. The first-order valence-electron chi connectivity index (χ1n) is 9.66. The molecule has 0 spiro atoms. The van der Waals surface area contributed by atoms with E-state index in [4.69, 9.17) is 0 Å². The van der Waals surface area contributed by atoms with Crippen molar-refractivity contribution in [3.8, 4) is 5.88 Å². The lowest BCUT2D eigenvalue weighted by molar-refractivity contribution is -0.154. The molecule has 3 aromatic rings. The highest BCUT2D eigenvalue weighted by Gasteiger charge is 2.28. The summed E-state index contributed by atoms with van der Waals surface area (Å²) in [7, 11) is 0. The van der Waals surface area contributed by atoms with E-state index in [0.717, 1.165) is 11.9 Å². The fourth-order valence-corrected chi connectivity index (χ4v) is 2.95. The molecule has 0 aliphatic carbocycles. The second-order valence-corrected chi connectivity index (χ2v) is 6.64. The summed E-state index contributed by atoms with van der Waals surface area (Å²) in [6, 6.07) is 11.3. The van der Waals surface area contributed by atoms with Gasteiger partial charge in [0.15, 0.2) is 12.6 Å². The molecule has 1 aromatic carbocycles. The summed E-state index contributed by atoms with van der Waals surface area (Å²) in [5.41, 5.74) is 3.03. The molecule has 0 unspecified atom stereocenters. The number of hydrogen-bond donors (Lipinski definition) is 3. The highest BCUT2D eigenvalue weighted by Crippen LogP contribution is 2.18. The summed E-state index contributed by atoms with van der Waals surface area (Å²) in [6.07, 6.45) is -0.161. The summed E-state index contributed by atoms with van der Waals surface area (Å²) < 4.78 is 41.6. The van der Waals surface area contributed by atoms with Gasteiger partial charge in [-0.1, -0.05) is 18.2 Å². The number of aromatic nitrogens is 2. The number of nitrogens with one attached hydrogen (secondary N) is 3. The van der Waals surface area contributed by atoms with Gasteiger partial charge in [0.25, 0.3) is 0 Å². The smallest absolute Gasteiger partial charge is 0.422 e. The van der Waals surface area contributed by atoms with Crippen LogP contribution in [0.5, 0.6) is 5.88 Å². The molecule has 0 saturated carbocycles. The van der Waals surface area contributed by atoms with E-state index >= 15 is 0 Å². The first-order valence-corrected chi connectivity index (χ1v) is 9.66. The Morgan fingerprint density at radius 3 is 2.83 bits per heavy atom. The SMILES string of the molecule is CCNC(=NCc1ccnc(OCC(F)(F)F)c1)NCCc1c[nH]c2ccccc12. The molecule has 0 fully saturated rings. The van der Waals surface area contributed by atoms with Crippen LogP contribution < -0.4 is 15.4 Å². The molecule has 2 heterocycles. The second-order valence-electron chi connectivity index (χ2n) is 6.64. The Balaban J connectivity index is 1.56. The summed E-state index contributed by atoms with van der Waals surface area (Å²) in [5, 5.41) is 7.65. The van der Waals surface area contributed by atoms with Crippen LogP contribution in [-0.2, 0) is 13.0 Å². The number of fused-ring (bicyclic) bond motifs is 1. The predicted octanol–water partition coefficient (Wildman–Crippen LogP) is 3.80. The fourth-order valence-electron chi connectivity index (χ4n) is 2.95. The molecule has 0 amide bonds. The van der Waals surface area contributed by atoms with Crippen LogP contribution in [-0.4, -0.2) is 41.8 Å². The third-order valence-electron chi connectivity index (χ3n) is 4.31. The number of H-pyrrole nitrogens is 1. The molecular weight excluding hydrogens is 395 g/mol. The van der Waals surface area contributed by atoms with E-state index in [1.807, 2.05) is 31.3 Å². The quantitative estimate of drug-likeness (QED) is 0.384. The molecule has 0 aliphatic rings. The van der Waals surface area contributed by atoms with Crippen molar-refractivity contribution in [2.45, 2.75) is 26.1 Å². The number of aliphatic imine (C=N–C) groups is 1. The van der Waals surface area contributed by atoms with Crippen molar-refractivity contribution in [3.63, 3.8) is 0 Å². The Bertz CT molecular complexity index is 984. The number of alkyl halides is 3. The summed E-state index contributed by atoms with van der Waals surface area (Å²) in [4.78, 5) is 11.6. The molecule has 160 valence electrons. The van der Waals surface area contributed by atoms with Crippen LogP contribution in [0.25, 0.3) is 10.9 Å². The van der Waals surface area contributed by atoms with E-state index < -0.39 is 12.8 Å². The van der Waals surface area contributed by atoms with Crippen LogP contribution in [0.15, 0.2) is 53.8 Å². The molecule has 0 bridgehead atoms. The molecule has 3 rings (SSSR count). The van der Waals surface area contributed by atoms with Crippen molar-refractivity contribution in [1.82, 2.24) is 20.6 Å². The average Bonchev–Trinajstić information content (AvgIpc) is 3.13. The zero-order valence-electron chi connectivity index (χ0n) is 16.6. The largest absolute Gasteiger partial charge is 0.468 e. The van der Waals surface area contributed by atoms with Crippen molar-refractivity contribution >= 4 is 16.9 Å². The molecule has 3 N–H and O–H groups in total. The third kappa shape index (κ3) is 6.40. The molecule has 0 aliphatic heterocycles. The minimum absolute atomic E-state index is 0.0719. The number of hydrogen-bond acceptors (Lipinski definition) is 3. The van der Waals surface area contributed by atoms with Gasteiger partial charge in [0.05, 0.1) is 6.54 Å². The fraction of sp³-hybridized carbons (Fsp3) is 0.333. The van der Waals surface area contributed by atoms with Crippen molar-refractivity contribution in [2.75, 3.05) is 19.7 Å². The Kier molecular flexibility index (Phi) is 7.16. The Hall–Kier alpha value is -3.23. The number of para-hydroxylation sites is 1.